The molecule has 656 valence electrons. The van der Waals surface area contributed by atoms with Crippen LogP contribution in [0.25, 0.3) is 128 Å². The predicted octanol–water partition coefficient (Wildman–Crippen LogP) is 20.1. The zero-order valence-electron chi connectivity index (χ0n) is 66.1. The van der Waals surface area contributed by atoms with Crippen molar-refractivity contribution in [2.24, 2.45) is 0 Å². The van der Waals surface area contributed by atoms with Gasteiger partial charge in [0.25, 0.3) is 45.5 Å². The second-order valence-electron chi connectivity index (χ2n) is 26.2. The molecule has 0 N–H and O–H groups in total. The van der Waals surface area contributed by atoms with Gasteiger partial charge >= 0.3 is 0 Å². The van der Waals surface area contributed by atoms with E-state index in [0.717, 1.165) is 127 Å². The fourth-order valence-electron chi connectivity index (χ4n) is 12.7. The quantitative estimate of drug-likeness (QED) is 0.0806. The minimum atomic E-state index is -2.04. The zero-order chi connectivity index (χ0) is 101. The average Bonchev–Trinajstić information content (AvgIpc) is 0.771. The monoisotopic (exact) mass is 1860 g/mol. The van der Waals surface area contributed by atoms with Crippen molar-refractivity contribution in [1.29, 1.82) is 42.1 Å². The summed E-state index contributed by atoms with van der Waals surface area (Å²) in [6, 6.07) is 33.9. The molecule has 0 saturated carbocycles. The molecule has 0 amide bonds. The van der Waals surface area contributed by atoms with Gasteiger partial charge in [0.05, 0.1) is 121 Å². The van der Waals surface area contributed by atoms with E-state index in [2.05, 4.69) is 38.8 Å². The van der Waals surface area contributed by atoms with Crippen LogP contribution < -0.4 is 41.7 Å². The predicted molar refractivity (Wildman–Crippen MR) is 429 cm³/mol. The van der Waals surface area contributed by atoms with Crippen molar-refractivity contribution < 1.29 is 105 Å². The van der Waals surface area contributed by atoms with E-state index in [1.165, 1.54) is 24.3 Å². The Labute approximate surface area is 745 Å². The Morgan fingerprint density at radius 3 is 0.757 bits per heavy atom. The molecule has 0 saturated heterocycles. The van der Waals surface area contributed by atoms with Crippen LogP contribution in [0.2, 0.25) is 0 Å². The topological polar surface area (TPSA) is 225 Å². The first-order valence-electron chi connectivity index (χ1n) is 35.8. The largest absolute Gasteiger partial charge is 0.268 e. The number of rotatable bonds is 8. The maximum Gasteiger partial charge on any atom is 0.268 e. The summed E-state index contributed by atoms with van der Waals surface area (Å²) in [6.07, 6.45) is 0. The molecule has 0 spiro atoms. The highest BCUT2D eigenvalue weighted by Gasteiger charge is 2.34. The highest BCUT2D eigenvalue weighted by molar-refractivity contribution is 5.88. The van der Waals surface area contributed by atoms with Crippen molar-refractivity contribution in [1.82, 2.24) is 0 Å². The van der Waals surface area contributed by atoms with Gasteiger partial charge in [0.15, 0.2) is 105 Å². The molecular formula is C96H24F24N16. The molecule has 12 aromatic carbocycles. The number of nitrogens with zero attached hydrogens (tertiary/aromatic N) is 16. The number of nitriles is 8. The Balaban J connectivity index is 0.000000203. The molecule has 0 aliphatic rings. The molecular weight excluding hydrogens is 1830 g/mol. The van der Waals surface area contributed by atoms with E-state index in [9.17, 15) is 126 Å². The zero-order valence-corrected chi connectivity index (χ0v) is 66.1. The lowest BCUT2D eigenvalue weighted by Crippen LogP contribution is -2.18. The van der Waals surface area contributed by atoms with Gasteiger partial charge in [-0.1, -0.05) is 84.9 Å². The normalized spacial score (nSPS) is 12.1. The summed E-state index contributed by atoms with van der Waals surface area (Å²) in [5, 5.41) is 73.0. The maximum atomic E-state index is 14.7. The molecule has 136 heavy (non-hydrogen) atoms. The van der Waals surface area contributed by atoms with Crippen LogP contribution in [0.4, 0.5) is 128 Å². The lowest BCUT2D eigenvalue weighted by Gasteiger charge is -2.11. The van der Waals surface area contributed by atoms with Crippen molar-refractivity contribution in [3.05, 3.63) is 441 Å². The molecule has 0 fully saturated rings. The van der Waals surface area contributed by atoms with Crippen LogP contribution in [0.3, 0.4) is 0 Å². The summed E-state index contributed by atoms with van der Waals surface area (Å²) in [5.41, 5.74) is -20.9. The van der Waals surface area contributed by atoms with E-state index in [4.69, 9.17) is 73.6 Å². The van der Waals surface area contributed by atoms with Gasteiger partial charge in [-0.2, -0.15) is 21.0 Å². The van der Waals surface area contributed by atoms with Crippen LogP contribution in [0.5, 0.6) is 0 Å². The van der Waals surface area contributed by atoms with Crippen molar-refractivity contribution in [3.63, 3.8) is 0 Å². The van der Waals surface area contributed by atoms with Crippen molar-refractivity contribution in [3.8, 4) is 93.1 Å². The first-order chi connectivity index (χ1) is 64.8. The fourth-order valence-corrected chi connectivity index (χ4v) is 12.7. The Morgan fingerprint density at radius 2 is 0.478 bits per heavy atom. The molecule has 0 aliphatic heterocycles. The average molecular weight is 1860 g/mol. The molecule has 0 bridgehead atoms. The smallest absolute Gasteiger partial charge is 0.232 e. The third-order valence-corrected chi connectivity index (χ3v) is 18.8. The number of hydrogen-bond acceptors (Lipinski definition) is 8. The highest BCUT2D eigenvalue weighted by atomic mass is 19.2. The third kappa shape index (κ3) is 19.0. The van der Waals surface area contributed by atoms with Crippen molar-refractivity contribution in [2.45, 2.75) is 0 Å². The second kappa shape index (κ2) is 42.1. The molecule has 0 atom stereocenters. The molecule has 0 unspecified atom stereocenters. The Morgan fingerprint density at radius 1 is 0.206 bits per heavy atom. The van der Waals surface area contributed by atoms with Gasteiger partial charge in [0, 0.05) is 49.7 Å². The van der Waals surface area contributed by atoms with Crippen LogP contribution in [0.1, 0.15) is 22.3 Å². The number of benzene rings is 12. The van der Waals surface area contributed by atoms with E-state index in [-0.39, 0.29) is 37.6 Å². The highest BCUT2D eigenvalue weighted by Crippen LogP contribution is 2.40. The summed E-state index contributed by atoms with van der Waals surface area (Å²) in [4.78, 5) is 21.6. The third-order valence-electron chi connectivity index (χ3n) is 18.8. The maximum absolute atomic E-state index is 14.7. The van der Waals surface area contributed by atoms with Crippen LogP contribution >= 0.6 is 0 Å². The van der Waals surface area contributed by atoms with Crippen LogP contribution in [-0.4, -0.2) is 0 Å². The van der Waals surface area contributed by atoms with E-state index >= 15 is 0 Å². The Bertz CT molecular complexity index is 8260. The minimum Gasteiger partial charge on any atom is -0.232 e. The van der Waals surface area contributed by atoms with Gasteiger partial charge in [0.1, 0.15) is 59.2 Å². The Kier molecular flexibility index (Phi) is 30.8. The summed E-state index contributed by atoms with van der Waals surface area (Å²) in [7, 11) is 0. The summed E-state index contributed by atoms with van der Waals surface area (Å²) >= 11 is 0. The van der Waals surface area contributed by atoms with Crippen molar-refractivity contribution >= 4 is 67.8 Å². The summed E-state index contributed by atoms with van der Waals surface area (Å²) < 4.78 is 344. The molecule has 0 heterocycles. The lowest BCUT2D eigenvalue weighted by atomic mass is 9.94. The van der Waals surface area contributed by atoms with E-state index in [1.807, 2.05) is 0 Å². The van der Waals surface area contributed by atoms with Gasteiger partial charge in [-0.15, -0.1) is 0 Å². The van der Waals surface area contributed by atoms with Gasteiger partial charge < -0.3 is 0 Å². The molecule has 0 aliphatic carbocycles. The summed E-state index contributed by atoms with van der Waals surface area (Å²) in [5.74, 6) is -41.5. The molecule has 12 aromatic rings. The first kappa shape index (κ1) is 99.5. The number of hydrogen-bond donors (Lipinski definition) is 0. The van der Waals surface area contributed by atoms with Crippen molar-refractivity contribution in [2.75, 3.05) is 0 Å². The fraction of sp³-hybridized carbons (Fsp3) is 0. The molecule has 0 aromatic heterocycles. The Hall–Kier alpha value is -20.2. The summed E-state index contributed by atoms with van der Waals surface area (Å²) in [6.45, 7) is 55.1. The van der Waals surface area contributed by atoms with E-state index < -0.39 is 278 Å². The SMILES string of the molecule is [C-]#[N+]/C(C#N)=c1\cc/c(=C(/C#N)c2c(F)c(F)c([N+]#[C-])c(F)c2F)c(-c2cc(F)cc(F)c2)c1.[C-]#[N+]/C(C#N)=c1\cc/c(=C(/C#N)c2c(F)c(F)c([N+]#[C-])c(F)c2F)c(-c2cc(F)ccc2F)c1.[C-]#[N+]/C(C#N)=c1\cc/c(=C(/C#N)c2c(F)c(F)c([N+]#[C-])c(F)c2F)c(-c2ccc(F)cc2F)c1.[C-]#[N+]/C(C#N)=c1\cc/c(=C(/C#N)c2c(F)c(F)c([N+]#[C-])c(F)c2F)c(-c2cccc(F)c2F)c1. The van der Waals surface area contributed by atoms with Crippen LogP contribution in [0, 0.1) is 283 Å². The van der Waals surface area contributed by atoms with Gasteiger partial charge in [-0.3, -0.25) is 0 Å². The van der Waals surface area contributed by atoms with Gasteiger partial charge in [-0.25, -0.2) is 165 Å². The molecule has 16 nitrogen and oxygen atoms in total. The van der Waals surface area contributed by atoms with Gasteiger partial charge in [0.2, 0.25) is 0 Å². The van der Waals surface area contributed by atoms with E-state index in [1.54, 1.807) is 24.3 Å². The first-order valence-corrected chi connectivity index (χ1v) is 35.8. The minimum absolute atomic E-state index is 0.0557. The second-order valence-corrected chi connectivity index (χ2v) is 26.2. The molecule has 0 radical (unpaired) electrons. The van der Waals surface area contributed by atoms with Crippen LogP contribution in [0.15, 0.2) is 146 Å². The standard InChI is InChI=1S/4C24H6F6N4/c1-33-18(10-32)11-3-5-13(14(7-11)15-8-12(25)4-6-17(15)26)16(9-31)19-20(27)22(29)24(34-2)23(30)21(19)28;1-33-18(10-32)11-3-5-13(15(7-11)14-6-4-12(25)8-17(14)26)16(9-31)19-20(27)22(29)24(34-2)23(30)21(19)28;1-33-18(10-32)11-3-4-15(16(7-11)12-5-13(25)8-14(26)6-12)17(9-31)19-20(27)22(29)24(34-2)23(30)21(19)28;1-33-17(10-32)11-6-7-12(14(8-11)13-4-3-5-16(25)19(13)26)15(9-31)18-20(27)22(29)24(34-2)23(30)21(18)28/h4*3-8H/b2*16-13+,18-11+;17-15+,18-11+;15-12+,17-11+. The van der Waals surface area contributed by atoms with E-state index in [0.29, 0.717) is 18.2 Å². The molecule has 40 heteroatoms. The molecule has 12 rings (SSSR count). The lowest BCUT2D eigenvalue weighted by molar-refractivity contribution is 0.457. The number of halogens is 24. The van der Waals surface area contributed by atoms with Gasteiger partial charge in [-0.05, 0) is 97.2 Å². The van der Waals surface area contributed by atoms with Crippen LogP contribution in [-0.2, 0) is 0 Å².